The van der Waals surface area contributed by atoms with Gasteiger partial charge in [-0.25, -0.2) is 8.42 Å². The van der Waals surface area contributed by atoms with Crippen LogP contribution in [0.5, 0.6) is 11.5 Å². The van der Waals surface area contributed by atoms with E-state index in [-0.39, 0.29) is 29.5 Å². The van der Waals surface area contributed by atoms with E-state index < -0.39 is 21.0 Å². The Hall–Kier alpha value is -3.85. The van der Waals surface area contributed by atoms with Crippen molar-refractivity contribution in [1.29, 1.82) is 0 Å². The van der Waals surface area contributed by atoms with E-state index in [1.165, 1.54) is 25.2 Å². The first-order valence-corrected chi connectivity index (χ1v) is 12.6. The van der Waals surface area contributed by atoms with Crippen LogP contribution in [-0.2, 0) is 26.0 Å². The van der Waals surface area contributed by atoms with E-state index in [2.05, 4.69) is 5.32 Å². The third-order valence-electron chi connectivity index (χ3n) is 5.91. The van der Waals surface area contributed by atoms with E-state index in [9.17, 15) is 18.0 Å². The number of sulfone groups is 1. The molecule has 0 unspecified atom stereocenters. The van der Waals surface area contributed by atoms with Crippen molar-refractivity contribution in [2.45, 2.75) is 23.1 Å². The molecule has 0 aliphatic carbocycles. The van der Waals surface area contributed by atoms with Crippen molar-refractivity contribution in [2.75, 3.05) is 25.7 Å². The van der Waals surface area contributed by atoms with Gasteiger partial charge in [-0.2, -0.15) is 0 Å². The lowest BCUT2D eigenvalue weighted by Gasteiger charge is -2.21. The van der Waals surface area contributed by atoms with Crippen LogP contribution in [0.3, 0.4) is 0 Å². The number of nitrogens with zero attached hydrogens (tertiary/aromatic N) is 1. The highest BCUT2D eigenvalue weighted by molar-refractivity contribution is 7.92. The number of carbonyl (C=O) groups is 2. The highest BCUT2D eigenvalue weighted by Crippen LogP contribution is 2.42. The Morgan fingerprint density at radius 1 is 0.971 bits per heavy atom. The van der Waals surface area contributed by atoms with Gasteiger partial charge in [0.1, 0.15) is 6.54 Å². The minimum Gasteiger partial charge on any atom is -0.493 e. The lowest BCUT2D eigenvalue weighted by molar-refractivity contribution is -0.124. The number of hydrogen-bond donors (Lipinski definition) is 1. The number of methoxy groups -OCH3 is 2. The van der Waals surface area contributed by atoms with Crippen molar-refractivity contribution in [1.82, 2.24) is 5.32 Å². The summed E-state index contributed by atoms with van der Waals surface area (Å²) in [7, 11) is -1.02. The van der Waals surface area contributed by atoms with Crippen molar-refractivity contribution in [3.05, 3.63) is 83.9 Å². The molecular formula is C26H26N2O6S. The Kier molecular flexibility index (Phi) is 7.07. The molecule has 8 nitrogen and oxygen atoms in total. The molecule has 9 heteroatoms. The first-order valence-electron chi connectivity index (χ1n) is 11.0. The summed E-state index contributed by atoms with van der Waals surface area (Å²) in [6, 6.07) is 20.4. The van der Waals surface area contributed by atoms with Crippen LogP contribution in [0, 0.1) is 0 Å². The molecule has 0 spiro atoms. The van der Waals surface area contributed by atoms with E-state index in [4.69, 9.17) is 9.47 Å². The zero-order valence-corrected chi connectivity index (χ0v) is 20.2. The molecule has 1 atom stereocenters. The molecule has 0 saturated carbocycles. The number of para-hydroxylation sites is 1. The Labute approximate surface area is 204 Å². The molecule has 2 amide bonds. The van der Waals surface area contributed by atoms with Crippen LogP contribution in [-0.4, -0.2) is 41.0 Å². The van der Waals surface area contributed by atoms with Crippen LogP contribution >= 0.6 is 0 Å². The normalized spacial score (nSPS) is 16.7. The molecule has 1 heterocycles. The summed E-state index contributed by atoms with van der Waals surface area (Å²) < 4.78 is 38.0. The molecule has 3 aromatic carbocycles. The number of nitrogens with one attached hydrogen (secondary N) is 1. The average Bonchev–Trinajstić information content (AvgIpc) is 2.96. The number of fused-ring (bicyclic) bond motifs is 1. The molecule has 0 bridgehead atoms. The summed E-state index contributed by atoms with van der Waals surface area (Å²) in [5, 5.41) is 1.65. The maximum Gasteiger partial charge on any atom is 0.240 e. The molecule has 3 aromatic rings. The fraction of sp³-hybridized carbons (Fsp3) is 0.231. The largest absolute Gasteiger partial charge is 0.493 e. The molecule has 4 rings (SSSR count). The molecule has 0 aromatic heterocycles. The van der Waals surface area contributed by atoms with Gasteiger partial charge in [0.2, 0.25) is 11.8 Å². The highest BCUT2D eigenvalue weighted by Gasteiger charge is 2.40. The standard InChI is InChI=1S/C26H26N2O6S/c1-33-21-13-12-19(14-22(21)34-2)24-15-26(30)28(20-10-6-7-11-23(20)35(24,31)32)17-25(29)27-16-18-8-4-3-5-9-18/h3-14,24H,15-17H2,1-2H3,(H,27,29)/t24-/m1/s1. The molecular weight excluding hydrogens is 468 g/mol. The van der Waals surface area contributed by atoms with Crippen molar-refractivity contribution in [3.63, 3.8) is 0 Å². The summed E-state index contributed by atoms with van der Waals surface area (Å²) >= 11 is 0. The fourth-order valence-electron chi connectivity index (χ4n) is 4.11. The lowest BCUT2D eigenvalue weighted by Crippen LogP contribution is -2.40. The van der Waals surface area contributed by atoms with Crippen LogP contribution < -0.4 is 19.7 Å². The predicted octanol–water partition coefficient (Wildman–Crippen LogP) is 3.27. The van der Waals surface area contributed by atoms with Gasteiger partial charge in [0, 0.05) is 13.0 Å². The topological polar surface area (TPSA) is 102 Å². The summed E-state index contributed by atoms with van der Waals surface area (Å²) in [4.78, 5) is 27.3. The maximum atomic E-state index is 13.7. The Morgan fingerprint density at radius 2 is 1.66 bits per heavy atom. The van der Waals surface area contributed by atoms with Gasteiger partial charge >= 0.3 is 0 Å². The zero-order valence-electron chi connectivity index (χ0n) is 19.4. The quantitative estimate of drug-likeness (QED) is 0.541. The Morgan fingerprint density at radius 3 is 2.37 bits per heavy atom. The third kappa shape index (κ3) is 5.00. The molecule has 1 aliphatic rings. The van der Waals surface area contributed by atoms with E-state index in [1.807, 2.05) is 30.3 Å². The van der Waals surface area contributed by atoms with Crippen LogP contribution in [0.15, 0.2) is 77.7 Å². The number of anilines is 1. The number of benzene rings is 3. The second-order valence-corrected chi connectivity index (χ2v) is 10.2. The van der Waals surface area contributed by atoms with Gasteiger partial charge in [-0.15, -0.1) is 0 Å². The fourth-order valence-corrected chi connectivity index (χ4v) is 6.02. The van der Waals surface area contributed by atoms with Gasteiger partial charge in [0.25, 0.3) is 0 Å². The lowest BCUT2D eigenvalue weighted by atomic mass is 10.1. The van der Waals surface area contributed by atoms with E-state index in [0.29, 0.717) is 23.6 Å². The minimum absolute atomic E-state index is 0.00138. The van der Waals surface area contributed by atoms with Crippen molar-refractivity contribution in [3.8, 4) is 11.5 Å². The maximum absolute atomic E-state index is 13.7. The summed E-state index contributed by atoms with van der Waals surface area (Å²) in [5.74, 6) is -0.0415. The van der Waals surface area contributed by atoms with Crippen molar-refractivity contribution >= 4 is 27.3 Å². The van der Waals surface area contributed by atoms with E-state index in [0.717, 1.165) is 5.56 Å². The summed E-state index contributed by atoms with van der Waals surface area (Å²) in [6.45, 7) is 0.00672. The van der Waals surface area contributed by atoms with Crippen LogP contribution in [0.2, 0.25) is 0 Å². The Balaban J connectivity index is 1.66. The third-order valence-corrected chi connectivity index (χ3v) is 8.06. The summed E-state index contributed by atoms with van der Waals surface area (Å²) in [5.41, 5.74) is 1.51. The van der Waals surface area contributed by atoms with Gasteiger partial charge in [-0.1, -0.05) is 48.5 Å². The number of ether oxygens (including phenoxy) is 2. The molecule has 1 N–H and O–H groups in total. The molecule has 182 valence electrons. The predicted molar refractivity (Wildman–Crippen MR) is 131 cm³/mol. The van der Waals surface area contributed by atoms with Crippen LogP contribution in [0.25, 0.3) is 0 Å². The number of rotatable bonds is 7. The Bertz CT molecular complexity index is 1340. The zero-order chi connectivity index (χ0) is 25.0. The monoisotopic (exact) mass is 494 g/mol. The number of carbonyl (C=O) groups excluding carboxylic acids is 2. The second kappa shape index (κ2) is 10.2. The molecule has 0 saturated heterocycles. The minimum atomic E-state index is -3.96. The van der Waals surface area contributed by atoms with Crippen molar-refractivity contribution in [2.24, 2.45) is 0 Å². The molecule has 0 fully saturated rings. The van der Waals surface area contributed by atoms with Crippen LogP contribution in [0.4, 0.5) is 5.69 Å². The summed E-state index contributed by atoms with van der Waals surface area (Å²) in [6.07, 6.45) is -0.321. The SMILES string of the molecule is COc1ccc([C@H]2CC(=O)N(CC(=O)NCc3ccccc3)c3ccccc3S2(=O)=O)cc1OC. The smallest absolute Gasteiger partial charge is 0.240 e. The van der Waals surface area contributed by atoms with Gasteiger partial charge in [-0.3, -0.25) is 9.59 Å². The number of hydrogen-bond acceptors (Lipinski definition) is 6. The average molecular weight is 495 g/mol. The first-order chi connectivity index (χ1) is 16.8. The van der Waals surface area contributed by atoms with Crippen molar-refractivity contribution < 1.29 is 27.5 Å². The highest BCUT2D eigenvalue weighted by atomic mass is 32.2. The first kappa shape index (κ1) is 24.3. The van der Waals surface area contributed by atoms with E-state index in [1.54, 1.807) is 36.4 Å². The number of amides is 2. The van der Waals surface area contributed by atoms with Gasteiger partial charge in [0.15, 0.2) is 21.3 Å². The van der Waals surface area contributed by atoms with E-state index >= 15 is 0 Å². The van der Waals surface area contributed by atoms with Gasteiger partial charge in [0.05, 0.1) is 30.1 Å². The molecule has 0 radical (unpaired) electrons. The second-order valence-electron chi connectivity index (χ2n) is 8.06. The van der Waals surface area contributed by atoms with Gasteiger partial charge in [-0.05, 0) is 35.4 Å². The molecule has 35 heavy (non-hydrogen) atoms. The molecule has 1 aliphatic heterocycles. The van der Waals surface area contributed by atoms with Gasteiger partial charge < -0.3 is 19.7 Å². The van der Waals surface area contributed by atoms with Crippen LogP contribution in [0.1, 0.15) is 22.8 Å².